The molecule has 2 rings (SSSR count). The summed E-state index contributed by atoms with van der Waals surface area (Å²) in [6, 6.07) is 11.9. The molecule has 1 fully saturated rings. The lowest BCUT2D eigenvalue weighted by atomic mass is 9.93. The lowest BCUT2D eigenvalue weighted by Crippen LogP contribution is -2.34. The standard InChI is InChI=1S/C16H23N/c1-2-9-16(14-10-5-3-6-11-14)17-15-12-7-4-8-13-15/h2-3,5-6,10-11,15-17H,1,4,7-9,12-13H2. The molecule has 92 valence electrons. The summed E-state index contributed by atoms with van der Waals surface area (Å²) in [5.74, 6) is 0. The molecule has 0 saturated heterocycles. The van der Waals surface area contributed by atoms with Gasteiger partial charge in [-0.25, -0.2) is 0 Å². The highest BCUT2D eigenvalue weighted by Gasteiger charge is 2.17. The third-order valence-electron chi connectivity index (χ3n) is 3.65. The second kappa shape index (κ2) is 6.61. The van der Waals surface area contributed by atoms with Crippen LogP contribution >= 0.6 is 0 Å². The maximum Gasteiger partial charge on any atom is 0.0357 e. The third-order valence-corrected chi connectivity index (χ3v) is 3.65. The Morgan fingerprint density at radius 1 is 1.18 bits per heavy atom. The molecule has 0 heterocycles. The van der Waals surface area contributed by atoms with Crippen molar-refractivity contribution in [3.8, 4) is 0 Å². The Hall–Kier alpha value is -1.08. The Morgan fingerprint density at radius 3 is 2.53 bits per heavy atom. The number of nitrogens with one attached hydrogen (secondary N) is 1. The zero-order chi connectivity index (χ0) is 11.9. The van der Waals surface area contributed by atoms with Gasteiger partial charge in [-0.15, -0.1) is 6.58 Å². The molecule has 0 spiro atoms. The van der Waals surface area contributed by atoms with Gasteiger partial charge in [-0.1, -0.05) is 55.7 Å². The Morgan fingerprint density at radius 2 is 1.88 bits per heavy atom. The van der Waals surface area contributed by atoms with Crippen molar-refractivity contribution in [2.24, 2.45) is 0 Å². The van der Waals surface area contributed by atoms with Crippen molar-refractivity contribution in [3.63, 3.8) is 0 Å². The molecule has 1 aromatic carbocycles. The van der Waals surface area contributed by atoms with Gasteiger partial charge in [-0.3, -0.25) is 0 Å². The highest BCUT2D eigenvalue weighted by molar-refractivity contribution is 5.19. The summed E-state index contributed by atoms with van der Waals surface area (Å²) >= 11 is 0. The first-order chi connectivity index (χ1) is 8.40. The summed E-state index contributed by atoms with van der Waals surface area (Å²) in [5, 5.41) is 3.80. The van der Waals surface area contributed by atoms with E-state index in [9.17, 15) is 0 Å². The van der Waals surface area contributed by atoms with Gasteiger partial charge in [0.2, 0.25) is 0 Å². The fraction of sp³-hybridized carbons (Fsp3) is 0.500. The van der Waals surface area contributed by atoms with Crippen molar-refractivity contribution < 1.29 is 0 Å². The molecular weight excluding hydrogens is 206 g/mol. The van der Waals surface area contributed by atoms with E-state index in [0.29, 0.717) is 12.1 Å². The van der Waals surface area contributed by atoms with Crippen LogP contribution in [0.5, 0.6) is 0 Å². The number of hydrogen-bond donors (Lipinski definition) is 1. The largest absolute Gasteiger partial charge is 0.307 e. The van der Waals surface area contributed by atoms with Crippen molar-refractivity contribution >= 4 is 0 Å². The second-order valence-corrected chi connectivity index (χ2v) is 4.99. The fourth-order valence-corrected chi connectivity index (χ4v) is 2.71. The minimum Gasteiger partial charge on any atom is -0.307 e. The van der Waals surface area contributed by atoms with E-state index in [2.05, 4.69) is 42.2 Å². The summed E-state index contributed by atoms with van der Waals surface area (Å²) in [6.45, 7) is 3.88. The Bertz CT molecular complexity index is 325. The van der Waals surface area contributed by atoms with Gasteiger partial charge in [0.05, 0.1) is 0 Å². The van der Waals surface area contributed by atoms with Crippen molar-refractivity contribution in [2.45, 2.75) is 50.6 Å². The van der Waals surface area contributed by atoms with E-state index in [1.807, 2.05) is 6.08 Å². The van der Waals surface area contributed by atoms with Gasteiger partial charge in [0.25, 0.3) is 0 Å². The van der Waals surface area contributed by atoms with E-state index >= 15 is 0 Å². The summed E-state index contributed by atoms with van der Waals surface area (Å²) in [7, 11) is 0. The van der Waals surface area contributed by atoms with Crippen LogP contribution in [0, 0.1) is 0 Å². The molecule has 0 amide bonds. The SMILES string of the molecule is C=CCC(NC1CCCCC1)c1ccccc1. The Labute approximate surface area is 105 Å². The fourth-order valence-electron chi connectivity index (χ4n) is 2.71. The highest BCUT2D eigenvalue weighted by Crippen LogP contribution is 2.23. The minimum absolute atomic E-state index is 0.441. The summed E-state index contributed by atoms with van der Waals surface area (Å²) in [5.41, 5.74) is 1.39. The average molecular weight is 229 g/mol. The molecule has 1 atom stereocenters. The summed E-state index contributed by atoms with van der Waals surface area (Å²) in [4.78, 5) is 0. The first kappa shape index (κ1) is 12.4. The van der Waals surface area contributed by atoms with Gasteiger partial charge in [-0.05, 0) is 24.8 Å². The predicted octanol–water partition coefficient (Wildman–Crippen LogP) is 4.23. The average Bonchev–Trinajstić information content (AvgIpc) is 2.40. The molecule has 1 aromatic rings. The zero-order valence-corrected chi connectivity index (χ0v) is 10.6. The molecule has 1 unspecified atom stereocenters. The molecule has 0 radical (unpaired) electrons. The normalized spacial score (nSPS) is 18.8. The lowest BCUT2D eigenvalue weighted by Gasteiger charge is -2.28. The maximum absolute atomic E-state index is 3.88. The van der Waals surface area contributed by atoms with Crippen molar-refractivity contribution in [1.82, 2.24) is 5.32 Å². The van der Waals surface area contributed by atoms with Crippen molar-refractivity contribution in [2.75, 3.05) is 0 Å². The van der Waals surface area contributed by atoms with E-state index in [1.165, 1.54) is 37.7 Å². The number of benzene rings is 1. The van der Waals surface area contributed by atoms with Crippen LogP contribution in [0.4, 0.5) is 0 Å². The van der Waals surface area contributed by atoms with Crippen LogP contribution in [0.25, 0.3) is 0 Å². The van der Waals surface area contributed by atoms with Crippen LogP contribution < -0.4 is 5.32 Å². The molecule has 1 saturated carbocycles. The van der Waals surface area contributed by atoms with Crippen LogP contribution in [-0.2, 0) is 0 Å². The first-order valence-corrected chi connectivity index (χ1v) is 6.82. The quantitative estimate of drug-likeness (QED) is 0.745. The van der Waals surface area contributed by atoms with Gasteiger partial charge in [0.15, 0.2) is 0 Å². The first-order valence-electron chi connectivity index (χ1n) is 6.82. The van der Waals surface area contributed by atoms with Crippen LogP contribution in [0.2, 0.25) is 0 Å². The molecule has 0 aliphatic heterocycles. The van der Waals surface area contributed by atoms with Crippen LogP contribution in [0.15, 0.2) is 43.0 Å². The summed E-state index contributed by atoms with van der Waals surface area (Å²) < 4.78 is 0. The van der Waals surface area contributed by atoms with Gasteiger partial charge in [0.1, 0.15) is 0 Å². The van der Waals surface area contributed by atoms with Crippen LogP contribution in [-0.4, -0.2) is 6.04 Å². The van der Waals surface area contributed by atoms with Crippen molar-refractivity contribution in [1.29, 1.82) is 0 Å². The molecule has 1 heteroatoms. The van der Waals surface area contributed by atoms with Crippen LogP contribution in [0.3, 0.4) is 0 Å². The van der Waals surface area contributed by atoms with Gasteiger partial charge in [-0.2, -0.15) is 0 Å². The third kappa shape index (κ3) is 3.71. The number of rotatable bonds is 5. The second-order valence-electron chi connectivity index (χ2n) is 4.99. The topological polar surface area (TPSA) is 12.0 Å². The molecule has 1 N–H and O–H groups in total. The smallest absolute Gasteiger partial charge is 0.0357 e. The zero-order valence-electron chi connectivity index (χ0n) is 10.6. The van der Waals surface area contributed by atoms with Crippen LogP contribution in [0.1, 0.15) is 50.1 Å². The highest BCUT2D eigenvalue weighted by atomic mass is 14.9. The molecule has 1 aliphatic rings. The van der Waals surface area contributed by atoms with E-state index in [-0.39, 0.29) is 0 Å². The minimum atomic E-state index is 0.441. The molecule has 1 nitrogen and oxygen atoms in total. The maximum atomic E-state index is 3.88. The molecule has 0 bridgehead atoms. The molecule has 17 heavy (non-hydrogen) atoms. The Balaban J connectivity index is 1.99. The van der Waals surface area contributed by atoms with E-state index in [1.54, 1.807) is 0 Å². The van der Waals surface area contributed by atoms with Gasteiger partial charge < -0.3 is 5.32 Å². The predicted molar refractivity (Wildman–Crippen MR) is 74.0 cm³/mol. The summed E-state index contributed by atoms with van der Waals surface area (Å²) in [6.07, 6.45) is 9.88. The Kier molecular flexibility index (Phi) is 4.81. The monoisotopic (exact) mass is 229 g/mol. The molecular formula is C16H23N. The molecule has 0 aromatic heterocycles. The van der Waals surface area contributed by atoms with E-state index < -0.39 is 0 Å². The van der Waals surface area contributed by atoms with Crippen molar-refractivity contribution in [3.05, 3.63) is 48.6 Å². The van der Waals surface area contributed by atoms with E-state index in [4.69, 9.17) is 0 Å². The molecule has 1 aliphatic carbocycles. The van der Waals surface area contributed by atoms with Gasteiger partial charge >= 0.3 is 0 Å². The van der Waals surface area contributed by atoms with E-state index in [0.717, 1.165) is 6.42 Å². The number of hydrogen-bond acceptors (Lipinski definition) is 1. The van der Waals surface area contributed by atoms with Gasteiger partial charge in [0, 0.05) is 12.1 Å². The lowest BCUT2D eigenvalue weighted by molar-refractivity contribution is 0.339.